The fourth-order valence-electron chi connectivity index (χ4n) is 2.60. The number of halogens is 1. The summed E-state index contributed by atoms with van der Waals surface area (Å²) in [5, 5.41) is 2.96. The molecule has 1 aliphatic rings. The molecule has 6 heteroatoms. The van der Waals surface area contributed by atoms with Gasteiger partial charge in [0.1, 0.15) is 11.5 Å². The van der Waals surface area contributed by atoms with Crippen LogP contribution >= 0.6 is 12.4 Å². The van der Waals surface area contributed by atoms with Crippen molar-refractivity contribution in [3.8, 4) is 11.5 Å². The zero-order valence-electron chi connectivity index (χ0n) is 12.4. The summed E-state index contributed by atoms with van der Waals surface area (Å²) in [7, 11) is 3.23. The number of carbonyl (C=O) groups is 1. The lowest BCUT2D eigenvalue weighted by Crippen LogP contribution is -2.30. The van der Waals surface area contributed by atoms with E-state index in [9.17, 15) is 4.79 Å². The van der Waals surface area contributed by atoms with Crippen LogP contribution in [0.15, 0.2) is 18.2 Å². The van der Waals surface area contributed by atoms with Crippen molar-refractivity contribution in [1.82, 2.24) is 5.32 Å². The standard InChI is InChI=1S/C15H22N2O3.ClH/c1-19-13-5-6-14(20-2)11(8-13)9-17-15(18)10-3-4-12(16)7-10;/h5-6,8,10,12H,3-4,7,9,16H2,1-2H3,(H,17,18);1H. The Morgan fingerprint density at radius 3 is 2.67 bits per heavy atom. The summed E-state index contributed by atoms with van der Waals surface area (Å²) in [5.74, 6) is 1.61. The largest absolute Gasteiger partial charge is 0.497 e. The average molecular weight is 315 g/mol. The van der Waals surface area contributed by atoms with Crippen LogP contribution in [0.2, 0.25) is 0 Å². The van der Waals surface area contributed by atoms with Crippen LogP contribution in [0, 0.1) is 5.92 Å². The van der Waals surface area contributed by atoms with E-state index in [1.807, 2.05) is 18.2 Å². The van der Waals surface area contributed by atoms with Crippen LogP contribution in [0.1, 0.15) is 24.8 Å². The van der Waals surface area contributed by atoms with E-state index in [0.717, 1.165) is 36.3 Å². The second-order valence-electron chi connectivity index (χ2n) is 5.17. The lowest BCUT2D eigenvalue weighted by molar-refractivity contribution is -0.125. The maximum atomic E-state index is 12.1. The second-order valence-corrected chi connectivity index (χ2v) is 5.17. The van der Waals surface area contributed by atoms with Crippen LogP contribution in [0.3, 0.4) is 0 Å². The van der Waals surface area contributed by atoms with Crippen molar-refractivity contribution in [3.05, 3.63) is 23.8 Å². The molecule has 2 atom stereocenters. The lowest BCUT2D eigenvalue weighted by atomic mass is 10.1. The van der Waals surface area contributed by atoms with E-state index in [0.29, 0.717) is 6.54 Å². The minimum absolute atomic E-state index is 0. The minimum Gasteiger partial charge on any atom is -0.497 e. The summed E-state index contributed by atoms with van der Waals surface area (Å²) >= 11 is 0. The zero-order chi connectivity index (χ0) is 14.5. The molecule has 2 unspecified atom stereocenters. The zero-order valence-corrected chi connectivity index (χ0v) is 13.2. The first-order valence-electron chi connectivity index (χ1n) is 6.88. The van der Waals surface area contributed by atoms with Gasteiger partial charge in [-0.1, -0.05) is 0 Å². The van der Waals surface area contributed by atoms with Crippen LogP contribution < -0.4 is 20.5 Å². The Labute approximate surface area is 131 Å². The van der Waals surface area contributed by atoms with E-state index in [1.165, 1.54) is 0 Å². The number of hydrogen-bond acceptors (Lipinski definition) is 4. The Bertz CT molecular complexity index is 482. The molecule has 0 saturated heterocycles. The van der Waals surface area contributed by atoms with E-state index in [2.05, 4.69) is 5.32 Å². The quantitative estimate of drug-likeness (QED) is 0.870. The summed E-state index contributed by atoms with van der Waals surface area (Å²) in [6.45, 7) is 0.435. The Kier molecular flexibility index (Phi) is 6.78. The predicted octanol–water partition coefficient (Wildman–Crippen LogP) is 1.87. The van der Waals surface area contributed by atoms with E-state index in [-0.39, 0.29) is 30.3 Å². The SMILES string of the molecule is COc1ccc(OC)c(CNC(=O)C2CCC(N)C2)c1.Cl. The molecule has 1 aliphatic carbocycles. The summed E-state index contributed by atoms with van der Waals surface area (Å²) in [4.78, 5) is 12.1. The van der Waals surface area contributed by atoms with Crippen molar-refractivity contribution in [1.29, 1.82) is 0 Å². The van der Waals surface area contributed by atoms with Crippen molar-refractivity contribution >= 4 is 18.3 Å². The number of carbonyl (C=O) groups excluding carboxylic acids is 1. The van der Waals surface area contributed by atoms with Crippen LogP contribution in [0.4, 0.5) is 0 Å². The van der Waals surface area contributed by atoms with Gasteiger partial charge in [-0.3, -0.25) is 4.79 Å². The van der Waals surface area contributed by atoms with Crippen LogP contribution in [0.25, 0.3) is 0 Å². The monoisotopic (exact) mass is 314 g/mol. The Hall–Kier alpha value is -1.46. The molecule has 0 heterocycles. The van der Waals surface area contributed by atoms with Gasteiger partial charge < -0.3 is 20.5 Å². The van der Waals surface area contributed by atoms with Gasteiger partial charge in [-0.05, 0) is 37.5 Å². The topological polar surface area (TPSA) is 73.6 Å². The Morgan fingerprint density at radius 1 is 1.33 bits per heavy atom. The number of rotatable bonds is 5. The molecule has 0 aromatic heterocycles. The van der Waals surface area contributed by atoms with Gasteiger partial charge in [0.15, 0.2) is 0 Å². The number of nitrogens with one attached hydrogen (secondary N) is 1. The molecule has 0 spiro atoms. The number of amides is 1. The molecule has 0 aliphatic heterocycles. The predicted molar refractivity (Wildman–Crippen MR) is 84.0 cm³/mol. The van der Waals surface area contributed by atoms with E-state index < -0.39 is 0 Å². The highest BCUT2D eigenvalue weighted by atomic mass is 35.5. The number of ether oxygens (including phenoxy) is 2. The molecule has 5 nitrogen and oxygen atoms in total. The molecular formula is C15H23ClN2O3. The molecule has 2 rings (SSSR count). The molecule has 1 fully saturated rings. The third-order valence-electron chi connectivity index (χ3n) is 3.78. The summed E-state index contributed by atoms with van der Waals surface area (Å²) in [6, 6.07) is 5.71. The van der Waals surface area contributed by atoms with Crippen LogP contribution in [-0.2, 0) is 11.3 Å². The lowest BCUT2D eigenvalue weighted by Gasteiger charge is -2.14. The molecule has 118 valence electrons. The molecule has 1 aromatic rings. The first-order valence-corrected chi connectivity index (χ1v) is 6.88. The summed E-state index contributed by atoms with van der Waals surface area (Å²) < 4.78 is 10.5. The van der Waals surface area contributed by atoms with Gasteiger partial charge in [0.25, 0.3) is 0 Å². The summed E-state index contributed by atoms with van der Waals surface area (Å²) in [5.41, 5.74) is 6.74. The molecule has 1 aromatic carbocycles. The fourth-order valence-corrected chi connectivity index (χ4v) is 2.60. The third-order valence-corrected chi connectivity index (χ3v) is 3.78. The van der Waals surface area contributed by atoms with Crippen molar-refractivity contribution < 1.29 is 14.3 Å². The maximum absolute atomic E-state index is 12.1. The number of methoxy groups -OCH3 is 2. The normalized spacial score (nSPS) is 20.5. The smallest absolute Gasteiger partial charge is 0.223 e. The van der Waals surface area contributed by atoms with Gasteiger partial charge in [-0.2, -0.15) is 0 Å². The highest BCUT2D eigenvalue weighted by Gasteiger charge is 2.27. The van der Waals surface area contributed by atoms with Gasteiger partial charge in [0.05, 0.1) is 14.2 Å². The van der Waals surface area contributed by atoms with Gasteiger partial charge in [-0.15, -0.1) is 12.4 Å². The average Bonchev–Trinajstić information content (AvgIpc) is 2.91. The fraction of sp³-hybridized carbons (Fsp3) is 0.533. The highest BCUT2D eigenvalue weighted by molar-refractivity contribution is 5.85. The Morgan fingerprint density at radius 2 is 2.10 bits per heavy atom. The van der Waals surface area contributed by atoms with Crippen LogP contribution in [-0.4, -0.2) is 26.2 Å². The molecule has 3 N–H and O–H groups in total. The maximum Gasteiger partial charge on any atom is 0.223 e. The third kappa shape index (κ3) is 4.51. The molecular weight excluding hydrogens is 292 g/mol. The van der Waals surface area contributed by atoms with Crippen LogP contribution in [0.5, 0.6) is 11.5 Å². The van der Waals surface area contributed by atoms with Crippen molar-refractivity contribution in [2.24, 2.45) is 11.7 Å². The molecule has 0 radical (unpaired) electrons. The number of benzene rings is 1. The minimum atomic E-state index is 0. The van der Waals surface area contributed by atoms with Crippen molar-refractivity contribution in [2.45, 2.75) is 31.8 Å². The summed E-state index contributed by atoms with van der Waals surface area (Å²) in [6.07, 6.45) is 2.59. The van der Waals surface area contributed by atoms with Gasteiger partial charge in [0.2, 0.25) is 5.91 Å². The van der Waals surface area contributed by atoms with Gasteiger partial charge in [-0.25, -0.2) is 0 Å². The highest BCUT2D eigenvalue weighted by Crippen LogP contribution is 2.26. The number of hydrogen-bond donors (Lipinski definition) is 2. The molecule has 1 amide bonds. The molecule has 0 bridgehead atoms. The van der Waals surface area contributed by atoms with Crippen molar-refractivity contribution in [2.75, 3.05) is 14.2 Å². The first kappa shape index (κ1) is 17.6. The van der Waals surface area contributed by atoms with E-state index in [1.54, 1.807) is 14.2 Å². The molecule has 1 saturated carbocycles. The van der Waals surface area contributed by atoms with Crippen molar-refractivity contribution in [3.63, 3.8) is 0 Å². The molecule has 21 heavy (non-hydrogen) atoms. The van der Waals surface area contributed by atoms with E-state index >= 15 is 0 Å². The first-order chi connectivity index (χ1) is 9.63. The van der Waals surface area contributed by atoms with Gasteiger partial charge in [0, 0.05) is 24.1 Å². The Balaban J connectivity index is 0.00000220. The van der Waals surface area contributed by atoms with Gasteiger partial charge >= 0.3 is 0 Å². The van der Waals surface area contributed by atoms with E-state index in [4.69, 9.17) is 15.2 Å². The second kappa shape index (κ2) is 8.10. The number of nitrogens with two attached hydrogens (primary N) is 1.